The Morgan fingerprint density at radius 2 is 1.97 bits per heavy atom. The molecule has 1 aliphatic heterocycles. The minimum Gasteiger partial charge on any atom is -0.369 e. The molecule has 156 valence electrons. The van der Waals surface area contributed by atoms with E-state index in [0.29, 0.717) is 5.75 Å². The average Bonchev–Trinajstić information content (AvgIpc) is 2.75. The van der Waals surface area contributed by atoms with E-state index in [9.17, 15) is 4.79 Å². The zero-order valence-electron chi connectivity index (χ0n) is 17.3. The molecule has 1 saturated heterocycles. The van der Waals surface area contributed by atoms with Gasteiger partial charge in [-0.15, -0.1) is 11.8 Å². The second kappa shape index (κ2) is 11.8. The van der Waals surface area contributed by atoms with E-state index in [1.807, 2.05) is 18.2 Å². The van der Waals surface area contributed by atoms with Crippen LogP contribution in [0.2, 0.25) is 0 Å². The Morgan fingerprint density at radius 3 is 2.72 bits per heavy atom. The highest BCUT2D eigenvalue weighted by Gasteiger charge is 2.16. The Kier molecular flexibility index (Phi) is 8.83. The van der Waals surface area contributed by atoms with Gasteiger partial charge < -0.3 is 10.2 Å². The van der Waals surface area contributed by atoms with E-state index in [4.69, 9.17) is 0 Å². The monoisotopic (exact) mass is 412 g/mol. The first-order chi connectivity index (χ1) is 14.2. The molecule has 1 N–H and O–H groups in total. The normalized spacial score (nSPS) is 14.7. The molecule has 1 amide bonds. The smallest absolute Gasteiger partial charge is 0.230 e. The Balaban J connectivity index is 1.21. The molecule has 0 aliphatic carbocycles. The second-order valence-electron chi connectivity index (χ2n) is 7.54. The van der Waals surface area contributed by atoms with Crippen molar-refractivity contribution in [2.24, 2.45) is 0 Å². The van der Waals surface area contributed by atoms with Crippen LogP contribution in [0.1, 0.15) is 24.1 Å². The molecule has 0 spiro atoms. The number of hydrogen-bond donors (Lipinski definition) is 1. The summed E-state index contributed by atoms with van der Waals surface area (Å²) in [5, 5.41) is 3.03. The van der Waals surface area contributed by atoms with Crippen LogP contribution in [0.5, 0.6) is 0 Å². The number of piperazine rings is 1. The van der Waals surface area contributed by atoms with Gasteiger partial charge in [0.2, 0.25) is 5.91 Å². The molecular weight excluding hydrogens is 380 g/mol. The quantitative estimate of drug-likeness (QED) is 0.607. The number of carbonyl (C=O) groups is 1. The zero-order valence-corrected chi connectivity index (χ0v) is 18.2. The van der Waals surface area contributed by atoms with Crippen LogP contribution in [0.15, 0.2) is 48.7 Å². The van der Waals surface area contributed by atoms with Crippen LogP contribution >= 0.6 is 11.8 Å². The molecule has 0 atom stereocenters. The number of benzene rings is 1. The van der Waals surface area contributed by atoms with E-state index in [-0.39, 0.29) is 5.91 Å². The summed E-state index contributed by atoms with van der Waals surface area (Å²) < 4.78 is 0. The molecule has 1 aromatic carbocycles. The predicted octanol–water partition coefficient (Wildman–Crippen LogP) is 3.34. The van der Waals surface area contributed by atoms with Gasteiger partial charge in [-0.1, -0.05) is 18.2 Å². The second-order valence-corrected chi connectivity index (χ2v) is 8.52. The number of rotatable bonds is 10. The van der Waals surface area contributed by atoms with E-state index in [1.54, 1.807) is 18.0 Å². The van der Waals surface area contributed by atoms with Crippen LogP contribution in [0.3, 0.4) is 0 Å². The number of hydrogen-bond acceptors (Lipinski definition) is 5. The highest BCUT2D eigenvalue weighted by molar-refractivity contribution is 7.99. The number of aryl methyl sites for hydroxylation is 1. The molecule has 0 radical (unpaired) electrons. The SMILES string of the molecule is Cc1cccc(N2CCN(CCCCNC(=O)CSCc3ccccn3)CC2)c1. The van der Waals surface area contributed by atoms with Crippen LogP contribution in [0, 0.1) is 6.92 Å². The maximum Gasteiger partial charge on any atom is 0.230 e. The average molecular weight is 413 g/mol. The summed E-state index contributed by atoms with van der Waals surface area (Å²) in [5.41, 5.74) is 3.68. The fourth-order valence-corrected chi connectivity index (χ4v) is 4.29. The van der Waals surface area contributed by atoms with Crippen molar-refractivity contribution in [2.45, 2.75) is 25.5 Å². The third-order valence-electron chi connectivity index (χ3n) is 5.17. The molecule has 1 fully saturated rings. The number of amides is 1. The van der Waals surface area contributed by atoms with Crippen LogP contribution < -0.4 is 10.2 Å². The van der Waals surface area contributed by atoms with Crippen LogP contribution in [0.4, 0.5) is 5.69 Å². The van der Waals surface area contributed by atoms with Crippen LogP contribution in [0.25, 0.3) is 0 Å². The van der Waals surface area contributed by atoms with Gasteiger partial charge in [-0.05, 0) is 56.1 Å². The standard InChI is InChI=1S/C23H32N4OS/c1-20-7-6-9-22(17-20)27-15-13-26(14-16-27)12-5-4-11-25-23(28)19-29-18-21-8-2-3-10-24-21/h2-3,6-10,17H,4-5,11-16,18-19H2,1H3,(H,25,28). The topological polar surface area (TPSA) is 48.5 Å². The van der Waals surface area contributed by atoms with Crippen molar-refractivity contribution in [3.05, 3.63) is 59.9 Å². The lowest BCUT2D eigenvalue weighted by Gasteiger charge is -2.36. The number of carbonyl (C=O) groups excluding carboxylic acids is 1. The minimum atomic E-state index is 0.123. The summed E-state index contributed by atoms with van der Waals surface area (Å²) in [7, 11) is 0. The van der Waals surface area contributed by atoms with E-state index >= 15 is 0 Å². The van der Waals surface area contributed by atoms with Gasteiger partial charge in [0, 0.05) is 50.4 Å². The fraction of sp³-hybridized carbons (Fsp3) is 0.478. The van der Waals surface area contributed by atoms with E-state index in [1.165, 1.54) is 11.3 Å². The molecule has 0 bridgehead atoms. The molecule has 1 aromatic heterocycles. The van der Waals surface area contributed by atoms with E-state index in [2.05, 4.69) is 51.3 Å². The minimum absolute atomic E-state index is 0.123. The number of pyridine rings is 1. The first kappa shape index (κ1) is 21.7. The molecule has 0 saturated carbocycles. The van der Waals surface area contributed by atoms with Gasteiger partial charge in [-0.25, -0.2) is 0 Å². The van der Waals surface area contributed by atoms with Crippen LogP contribution in [-0.2, 0) is 10.5 Å². The zero-order chi connectivity index (χ0) is 20.3. The molecule has 5 nitrogen and oxygen atoms in total. The van der Waals surface area contributed by atoms with Crippen molar-refractivity contribution in [1.29, 1.82) is 0 Å². The summed E-state index contributed by atoms with van der Waals surface area (Å²) in [6, 6.07) is 14.6. The third kappa shape index (κ3) is 7.71. The van der Waals surface area contributed by atoms with Crippen molar-refractivity contribution < 1.29 is 4.79 Å². The number of nitrogens with zero attached hydrogens (tertiary/aromatic N) is 3. The molecule has 0 unspecified atom stereocenters. The summed E-state index contributed by atoms with van der Waals surface area (Å²) in [6.07, 6.45) is 3.96. The Labute approximate surface area is 178 Å². The molecule has 2 aromatic rings. The summed E-state index contributed by atoms with van der Waals surface area (Å²) in [5.74, 6) is 1.40. The molecular formula is C23H32N4OS. The van der Waals surface area contributed by atoms with Crippen molar-refractivity contribution >= 4 is 23.4 Å². The van der Waals surface area contributed by atoms with Gasteiger partial charge in [-0.3, -0.25) is 14.7 Å². The lowest BCUT2D eigenvalue weighted by Crippen LogP contribution is -2.46. The van der Waals surface area contributed by atoms with Crippen molar-refractivity contribution in [1.82, 2.24) is 15.2 Å². The lowest BCUT2D eigenvalue weighted by molar-refractivity contribution is -0.118. The highest BCUT2D eigenvalue weighted by atomic mass is 32.2. The summed E-state index contributed by atoms with van der Waals surface area (Å²) in [6.45, 7) is 8.45. The van der Waals surface area contributed by atoms with Crippen molar-refractivity contribution in [3.8, 4) is 0 Å². The summed E-state index contributed by atoms with van der Waals surface area (Å²) in [4.78, 5) is 21.2. The van der Waals surface area contributed by atoms with Crippen molar-refractivity contribution in [3.63, 3.8) is 0 Å². The number of thioether (sulfide) groups is 1. The van der Waals surface area contributed by atoms with Crippen LogP contribution in [-0.4, -0.2) is 60.8 Å². The molecule has 2 heterocycles. The Morgan fingerprint density at radius 1 is 1.10 bits per heavy atom. The Bertz CT molecular complexity index is 748. The maximum atomic E-state index is 11.9. The molecule has 1 aliphatic rings. The number of anilines is 1. The number of aromatic nitrogens is 1. The lowest BCUT2D eigenvalue weighted by atomic mass is 10.2. The van der Waals surface area contributed by atoms with Gasteiger partial charge in [0.1, 0.15) is 0 Å². The van der Waals surface area contributed by atoms with E-state index < -0.39 is 0 Å². The van der Waals surface area contributed by atoms with Gasteiger partial charge in [0.05, 0.1) is 11.4 Å². The first-order valence-corrected chi connectivity index (χ1v) is 11.6. The van der Waals surface area contributed by atoms with Gasteiger partial charge in [0.15, 0.2) is 0 Å². The van der Waals surface area contributed by atoms with Gasteiger partial charge in [-0.2, -0.15) is 0 Å². The van der Waals surface area contributed by atoms with E-state index in [0.717, 1.165) is 63.6 Å². The Hall–Kier alpha value is -2.05. The third-order valence-corrected chi connectivity index (χ3v) is 6.14. The fourth-order valence-electron chi connectivity index (χ4n) is 3.53. The largest absolute Gasteiger partial charge is 0.369 e. The maximum absolute atomic E-state index is 11.9. The number of nitrogens with one attached hydrogen (secondary N) is 1. The predicted molar refractivity (Wildman–Crippen MR) is 122 cm³/mol. The molecule has 29 heavy (non-hydrogen) atoms. The molecule has 3 rings (SSSR count). The van der Waals surface area contributed by atoms with Crippen molar-refractivity contribution in [2.75, 3.05) is 49.9 Å². The van der Waals surface area contributed by atoms with Gasteiger partial charge in [0.25, 0.3) is 0 Å². The van der Waals surface area contributed by atoms with Gasteiger partial charge >= 0.3 is 0 Å². The summed E-state index contributed by atoms with van der Waals surface area (Å²) >= 11 is 1.61. The number of unbranched alkanes of at least 4 members (excludes halogenated alkanes) is 1. The highest BCUT2D eigenvalue weighted by Crippen LogP contribution is 2.18. The first-order valence-electron chi connectivity index (χ1n) is 10.5. The molecule has 6 heteroatoms.